The monoisotopic (exact) mass is 511 g/mol. The third-order valence-corrected chi connectivity index (χ3v) is 6.34. The first-order chi connectivity index (χ1) is 17.6. The fraction of sp³-hybridized carbons (Fsp3) is 0.333. The molecule has 0 aliphatic heterocycles. The highest BCUT2D eigenvalue weighted by molar-refractivity contribution is 5.49. The molecule has 0 heterocycles. The maximum atomic E-state index is 12.8. The Hall–Kier alpha value is -3.63. The summed E-state index contributed by atoms with van der Waals surface area (Å²) in [5.74, 6) is 8.27. The molecule has 0 amide bonds. The van der Waals surface area contributed by atoms with E-state index in [1.807, 2.05) is 36.4 Å². The van der Waals surface area contributed by atoms with E-state index in [4.69, 9.17) is 14.2 Å². The molecule has 1 unspecified atom stereocenters. The molecule has 0 bridgehead atoms. The highest BCUT2D eigenvalue weighted by Crippen LogP contribution is 2.29. The molecular formula is C30H32F3NO3. The second-order valence-corrected chi connectivity index (χ2v) is 8.82. The molecule has 0 N–H and O–H groups in total. The van der Waals surface area contributed by atoms with E-state index < -0.39 is 11.7 Å². The van der Waals surface area contributed by atoms with E-state index in [0.717, 1.165) is 54.0 Å². The van der Waals surface area contributed by atoms with Crippen LogP contribution in [0, 0.1) is 11.8 Å². The van der Waals surface area contributed by atoms with Crippen molar-refractivity contribution in [3.63, 3.8) is 0 Å². The predicted molar refractivity (Wildman–Crippen MR) is 139 cm³/mol. The summed E-state index contributed by atoms with van der Waals surface area (Å²) in [5, 5.41) is 0. The first-order valence-electron chi connectivity index (χ1n) is 11.9. The van der Waals surface area contributed by atoms with Crippen molar-refractivity contribution >= 4 is 0 Å². The lowest BCUT2D eigenvalue weighted by molar-refractivity contribution is -0.137. The lowest BCUT2D eigenvalue weighted by Crippen LogP contribution is -2.32. The maximum absolute atomic E-state index is 12.8. The number of halogens is 3. The third-order valence-electron chi connectivity index (χ3n) is 6.34. The fourth-order valence-corrected chi connectivity index (χ4v) is 3.91. The van der Waals surface area contributed by atoms with Crippen molar-refractivity contribution in [2.75, 3.05) is 34.9 Å². The molecule has 0 aliphatic rings. The highest BCUT2D eigenvalue weighted by Gasteiger charge is 2.29. The number of likely N-dealkylation sites (N-methyl/N-ethyl adjacent to an activating group) is 1. The fourth-order valence-electron chi connectivity index (χ4n) is 3.91. The molecule has 0 fully saturated rings. The van der Waals surface area contributed by atoms with Crippen LogP contribution in [0.1, 0.15) is 34.7 Å². The van der Waals surface area contributed by atoms with Crippen LogP contribution in [0.4, 0.5) is 13.2 Å². The molecule has 7 heteroatoms. The molecule has 0 aromatic heterocycles. The molecule has 0 aliphatic carbocycles. The molecule has 3 rings (SSSR count). The van der Waals surface area contributed by atoms with Gasteiger partial charge in [-0.1, -0.05) is 17.9 Å². The van der Waals surface area contributed by atoms with E-state index in [0.29, 0.717) is 17.1 Å². The van der Waals surface area contributed by atoms with Gasteiger partial charge in [0.05, 0.1) is 26.9 Å². The van der Waals surface area contributed by atoms with Gasteiger partial charge in [0.25, 0.3) is 0 Å². The summed E-state index contributed by atoms with van der Waals surface area (Å²) in [6.07, 6.45) is -2.78. The smallest absolute Gasteiger partial charge is 0.416 e. The van der Waals surface area contributed by atoms with Gasteiger partial charge >= 0.3 is 6.18 Å². The first kappa shape index (κ1) is 27.9. The second-order valence-electron chi connectivity index (χ2n) is 8.82. The van der Waals surface area contributed by atoms with Gasteiger partial charge in [0.15, 0.2) is 11.5 Å². The van der Waals surface area contributed by atoms with E-state index in [2.05, 4.69) is 30.7 Å². The minimum absolute atomic E-state index is 0.207. The number of rotatable bonds is 9. The van der Waals surface area contributed by atoms with E-state index in [-0.39, 0.29) is 6.04 Å². The summed E-state index contributed by atoms with van der Waals surface area (Å²) in [6, 6.07) is 16.7. The zero-order chi connectivity index (χ0) is 27.0. The molecule has 1 atom stereocenters. The Morgan fingerprint density at radius 3 is 2.16 bits per heavy atom. The lowest BCUT2D eigenvalue weighted by atomic mass is 9.99. The van der Waals surface area contributed by atoms with Crippen LogP contribution in [0.15, 0.2) is 60.7 Å². The van der Waals surface area contributed by atoms with Crippen molar-refractivity contribution in [3.8, 4) is 29.1 Å². The highest BCUT2D eigenvalue weighted by atomic mass is 19.4. The van der Waals surface area contributed by atoms with Crippen molar-refractivity contribution < 1.29 is 27.4 Å². The Kier molecular flexibility index (Phi) is 9.48. The van der Waals surface area contributed by atoms with Crippen LogP contribution >= 0.6 is 0 Å². The van der Waals surface area contributed by atoms with Gasteiger partial charge in [-0.3, -0.25) is 0 Å². The van der Waals surface area contributed by atoms with Crippen molar-refractivity contribution in [2.45, 2.75) is 32.0 Å². The molecule has 0 radical (unpaired) electrons. The van der Waals surface area contributed by atoms with Crippen molar-refractivity contribution in [3.05, 3.63) is 88.5 Å². The minimum atomic E-state index is -4.36. The zero-order valence-electron chi connectivity index (χ0n) is 21.8. The molecule has 0 spiro atoms. The number of ether oxygens (including phenoxy) is 3. The number of hydrogen-bond acceptors (Lipinski definition) is 4. The molecule has 3 aromatic rings. The van der Waals surface area contributed by atoms with Crippen LogP contribution in [0.5, 0.6) is 17.2 Å². The topological polar surface area (TPSA) is 30.9 Å². The molecule has 37 heavy (non-hydrogen) atoms. The molecular weight excluding hydrogens is 479 g/mol. The normalized spacial score (nSPS) is 12.0. The lowest BCUT2D eigenvalue weighted by Gasteiger charge is -2.25. The van der Waals surface area contributed by atoms with Gasteiger partial charge in [-0.15, -0.1) is 0 Å². The quantitative estimate of drug-likeness (QED) is 0.319. The van der Waals surface area contributed by atoms with E-state index in [1.54, 1.807) is 21.3 Å². The van der Waals surface area contributed by atoms with Gasteiger partial charge in [-0.25, -0.2) is 0 Å². The average Bonchev–Trinajstić information content (AvgIpc) is 2.90. The van der Waals surface area contributed by atoms with Crippen molar-refractivity contribution in [1.82, 2.24) is 4.90 Å². The minimum Gasteiger partial charge on any atom is -0.497 e. The Morgan fingerprint density at radius 2 is 1.54 bits per heavy atom. The average molecular weight is 512 g/mol. The number of alkyl halides is 3. The third kappa shape index (κ3) is 7.68. The van der Waals surface area contributed by atoms with Crippen LogP contribution in [-0.4, -0.2) is 45.9 Å². The first-order valence-corrected chi connectivity index (χ1v) is 11.9. The van der Waals surface area contributed by atoms with Gasteiger partial charge in [-0.2, -0.15) is 13.2 Å². The summed E-state index contributed by atoms with van der Waals surface area (Å²) < 4.78 is 54.6. The molecule has 4 nitrogen and oxygen atoms in total. The van der Waals surface area contributed by atoms with Crippen LogP contribution in [0.25, 0.3) is 0 Å². The molecule has 0 saturated heterocycles. The molecule has 0 saturated carbocycles. The maximum Gasteiger partial charge on any atom is 0.416 e. The Bertz CT molecular complexity index is 1240. The van der Waals surface area contributed by atoms with Gasteiger partial charge < -0.3 is 19.1 Å². The van der Waals surface area contributed by atoms with E-state index in [1.165, 1.54) is 12.1 Å². The largest absolute Gasteiger partial charge is 0.497 e. The molecule has 3 aromatic carbocycles. The molecule has 196 valence electrons. The van der Waals surface area contributed by atoms with Crippen LogP contribution in [0.2, 0.25) is 0 Å². The Labute approximate surface area is 217 Å². The van der Waals surface area contributed by atoms with Gasteiger partial charge in [0, 0.05) is 23.7 Å². The Morgan fingerprint density at radius 1 is 0.838 bits per heavy atom. The van der Waals surface area contributed by atoms with E-state index in [9.17, 15) is 13.2 Å². The summed E-state index contributed by atoms with van der Waals surface area (Å²) >= 11 is 0. The number of nitrogens with zero attached hydrogens (tertiary/aromatic N) is 1. The predicted octanol–water partition coefficient (Wildman–Crippen LogP) is 6.24. The second kappa shape index (κ2) is 12.6. The SMILES string of the molecule is COc1ccc(C#Cc2ccc(C(F)(F)F)cc2)c(CC(C)N(C)CCc2ccc(OC)c(OC)c2)c1. The number of hydrogen-bond donors (Lipinski definition) is 0. The van der Waals surface area contributed by atoms with Crippen molar-refractivity contribution in [2.24, 2.45) is 0 Å². The zero-order valence-corrected chi connectivity index (χ0v) is 21.8. The van der Waals surface area contributed by atoms with Crippen molar-refractivity contribution in [1.29, 1.82) is 0 Å². The van der Waals surface area contributed by atoms with Crippen LogP contribution in [0.3, 0.4) is 0 Å². The summed E-state index contributed by atoms with van der Waals surface area (Å²) in [4.78, 5) is 2.28. The summed E-state index contributed by atoms with van der Waals surface area (Å²) in [6.45, 7) is 2.99. The Balaban J connectivity index is 1.72. The van der Waals surface area contributed by atoms with Gasteiger partial charge in [0.2, 0.25) is 0 Å². The standard InChI is InChI=1S/C30H32F3NO3/c1-21(34(2)17-16-23-9-15-28(36-4)29(19-23)37-5)18-25-20-27(35-3)14-11-24(25)10-6-22-7-12-26(13-8-22)30(31,32)33/h7-9,11-15,19-21H,16-18H2,1-5H3. The van der Waals surface area contributed by atoms with Crippen LogP contribution < -0.4 is 14.2 Å². The van der Waals surface area contributed by atoms with Gasteiger partial charge in [0.1, 0.15) is 5.75 Å². The van der Waals surface area contributed by atoms with E-state index >= 15 is 0 Å². The van der Waals surface area contributed by atoms with Crippen LogP contribution in [-0.2, 0) is 19.0 Å². The summed E-state index contributed by atoms with van der Waals surface area (Å²) in [7, 11) is 6.94. The summed E-state index contributed by atoms with van der Waals surface area (Å²) in [5.41, 5.74) is 2.83. The number of methoxy groups -OCH3 is 3. The number of benzene rings is 3. The van der Waals surface area contributed by atoms with Gasteiger partial charge in [-0.05, 0) is 92.5 Å².